The molecule has 14 heavy (non-hydrogen) atoms. The van der Waals surface area contributed by atoms with Crippen LogP contribution < -0.4 is 5.73 Å². The number of benzene rings is 1. The Morgan fingerprint density at radius 2 is 2.36 bits per heavy atom. The smallest absolute Gasteiger partial charge is 0.164 e. The lowest BCUT2D eigenvalue weighted by Gasteiger charge is -2.03. The van der Waals surface area contributed by atoms with Gasteiger partial charge in [0.25, 0.3) is 0 Å². The van der Waals surface area contributed by atoms with Crippen molar-refractivity contribution < 1.29 is 4.79 Å². The fourth-order valence-corrected chi connectivity index (χ4v) is 1.17. The summed E-state index contributed by atoms with van der Waals surface area (Å²) in [7, 11) is 0. The molecular formula is C11H12N2O. The molecular weight excluding hydrogens is 176 g/mol. The van der Waals surface area contributed by atoms with Gasteiger partial charge >= 0.3 is 0 Å². The summed E-state index contributed by atoms with van der Waals surface area (Å²) < 4.78 is 0. The zero-order valence-electron chi connectivity index (χ0n) is 8.03. The summed E-state index contributed by atoms with van der Waals surface area (Å²) in [6, 6.07) is 8.51. The Hall–Kier alpha value is -1.66. The highest BCUT2D eigenvalue weighted by Gasteiger charge is 2.08. The van der Waals surface area contributed by atoms with E-state index in [-0.39, 0.29) is 11.8 Å². The molecule has 1 rings (SSSR count). The number of carbonyl (C=O) groups excluding carboxylic acids is 1. The number of nitrogens with two attached hydrogens (primary N) is 1. The molecule has 0 saturated carbocycles. The second-order valence-corrected chi connectivity index (χ2v) is 3.30. The normalized spacial score (nSPS) is 11.8. The first-order valence-corrected chi connectivity index (χ1v) is 4.42. The SMILES string of the molecule is CC(N)CC(=O)c1cccc(C#N)c1. The molecule has 0 radical (unpaired) electrons. The molecule has 1 aromatic rings. The van der Waals surface area contributed by atoms with E-state index in [0.29, 0.717) is 17.5 Å². The van der Waals surface area contributed by atoms with Gasteiger partial charge < -0.3 is 5.73 Å². The highest BCUT2D eigenvalue weighted by Crippen LogP contribution is 2.07. The second kappa shape index (κ2) is 4.54. The van der Waals surface area contributed by atoms with Crippen molar-refractivity contribution in [2.75, 3.05) is 0 Å². The van der Waals surface area contributed by atoms with Gasteiger partial charge in [-0.25, -0.2) is 0 Å². The zero-order chi connectivity index (χ0) is 10.6. The lowest BCUT2D eigenvalue weighted by Crippen LogP contribution is -2.19. The molecule has 1 aromatic carbocycles. The summed E-state index contributed by atoms with van der Waals surface area (Å²) >= 11 is 0. The minimum Gasteiger partial charge on any atom is -0.328 e. The lowest BCUT2D eigenvalue weighted by molar-refractivity contribution is 0.0976. The van der Waals surface area contributed by atoms with Crippen molar-refractivity contribution in [2.24, 2.45) is 5.73 Å². The van der Waals surface area contributed by atoms with Gasteiger partial charge in [0, 0.05) is 18.0 Å². The average molecular weight is 188 g/mol. The molecule has 0 heterocycles. The summed E-state index contributed by atoms with van der Waals surface area (Å²) in [6.45, 7) is 1.78. The van der Waals surface area contributed by atoms with Crippen LogP contribution in [-0.2, 0) is 0 Å². The van der Waals surface area contributed by atoms with E-state index in [4.69, 9.17) is 11.0 Å². The Kier molecular flexibility index (Phi) is 3.38. The zero-order valence-corrected chi connectivity index (χ0v) is 8.03. The summed E-state index contributed by atoms with van der Waals surface area (Å²) in [5, 5.41) is 8.64. The summed E-state index contributed by atoms with van der Waals surface area (Å²) in [4.78, 5) is 11.5. The molecule has 0 aliphatic carbocycles. The third-order valence-corrected chi connectivity index (χ3v) is 1.82. The van der Waals surface area contributed by atoms with Crippen molar-refractivity contribution in [1.29, 1.82) is 5.26 Å². The van der Waals surface area contributed by atoms with Gasteiger partial charge in [0.15, 0.2) is 5.78 Å². The maximum atomic E-state index is 11.5. The van der Waals surface area contributed by atoms with Crippen LogP contribution in [0.4, 0.5) is 0 Å². The van der Waals surface area contributed by atoms with Crippen LogP contribution in [0.1, 0.15) is 29.3 Å². The molecule has 1 unspecified atom stereocenters. The van der Waals surface area contributed by atoms with Crippen LogP contribution in [0.15, 0.2) is 24.3 Å². The number of ketones is 1. The highest BCUT2D eigenvalue weighted by molar-refractivity contribution is 5.96. The first-order chi connectivity index (χ1) is 6.63. The minimum absolute atomic E-state index is 0.0166. The third kappa shape index (κ3) is 2.68. The maximum Gasteiger partial charge on any atom is 0.164 e. The van der Waals surface area contributed by atoms with Crippen LogP contribution in [-0.4, -0.2) is 11.8 Å². The topological polar surface area (TPSA) is 66.9 Å². The standard InChI is InChI=1S/C11H12N2O/c1-8(13)5-11(14)10-4-2-3-9(6-10)7-12/h2-4,6,8H,5,13H2,1H3. The van der Waals surface area contributed by atoms with Crippen molar-refractivity contribution in [3.8, 4) is 6.07 Å². The molecule has 0 fully saturated rings. The Bertz CT molecular complexity index is 377. The fourth-order valence-electron chi connectivity index (χ4n) is 1.17. The second-order valence-electron chi connectivity index (χ2n) is 3.30. The summed E-state index contributed by atoms with van der Waals surface area (Å²) in [5.41, 5.74) is 6.57. The number of nitriles is 1. The Labute approximate surface area is 83.2 Å². The van der Waals surface area contributed by atoms with Gasteiger partial charge in [-0.15, -0.1) is 0 Å². The first kappa shape index (κ1) is 10.4. The number of rotatable bonds is 3. The summed E-state index contributed by atoms with van der Waals surface area (Å²) in [5.74, 6) is -0.0166. The van der Waals surface area contributed by atoms with E-state index in [1.807, 2.05) is 6.07 Å². The Morgan fingerprint density at radius 3 is 2.93 bits per heavy atom. The van der Waals surface area contributed by atoms with Gasteiger partial charge in [0.2, 0.25) is 0 Å². The van der Waals surface area contributed by atoms with Crippen LogP contribution in [0.2, 0.25) is 0 Å². The van der Waals surface area contributed by atoms with Crippen molar-refractivity contribution >= 4 is 5.78 Å². The van der Waals surface area contributed by atoms with Gasteiger partial charge in [0.1, 0.15) is 0 Å². The van der Waals surface area contributed by atoms with Gasteiger partial charge in [0.05, 0.1) is 11.6 Å². The van der Waals surface area contributed by atoms with Gasteiger partial charge in [-0.2, -0.15) is 5.26 Å². The molecule has 0 bridgehead atoms. The fraction of sp³-hybridized carbons (Fsp3) is 0.273. The third-order valence-electron chi connectivity index (χ3n) is 1.82. The van der Waals surface area contributed by atoms with E-state index in [1.54, 1.807) is 31.2 Å². The van der Waals surface area contributed by atoms with Crippen LogP contribution in [0.5, 0.6) is 0 Å². The number of Topliss-reactive ketones (excluding diaryl/α,β-unsaturated/α-hetero) is 1. The monoisotopic (exact) mass is 188 g/mol. The van der Waals surface area contributed by atoms with Gasteiger partial charge in [-0.3, -0.25) is 4.79 Å². The summed E-state index contributed by atoms with van der Waals surface area (Å²) in [6.07, 6.45) is 0.314. The number of nitrogens with zero attached hydrogens (tertiary/aromatic N) is 1. The van der Waals surface area contributed by atoms with E-state index < -0.39 is 0 Å². The number of carbonyl (C=O) groups is 1. The number of hydrogen-bond donors (Lipinski definition) is 1. The van der Waals surface area contributed by atoms with Crippen LogP contribution in [0.3, 0.4) is 0 Å². The molecule has 72 valence electrons. The Balaban J connectivity index is 2.86. The van der Waals surface area contributed by atoms with E-state index >= 15 is 0 Å². The first-order valence-electron chi connectivity index (χ1n) is 4.42. The van der Waals surface area contributed by atoms with Crippen LogP contribution >= 0.6 is 0 Å². The average Bonchev–Trinajstić information content (AvgIpc) is 2.17. The van der Waals surface area contributed by atoms with Crippen molar-refractivity contribution in [1.82, 2.24) is 0 Å². The molecule has 0 saturated heterocycles. The quantitative estimate of drug-likeness (QED) is 0.730. The minimum atomic E-state index is -0.145. The lowest BCUT2D eigenvalue weighted by atomic mass is 10.0. The van der Waals surface area contributed by atoms with Gasteiger partial charge in [-0.1, -0.05) is 12.1 Å². The number of hydrogen-bond acceptors (Lipinski definition) is 3. The molecule has 0 amide bonds. The van der Waals surface area contributed by atoms with Crippen LogP contribution in [0, 0.1) is 11.3 Å². The predicted octanol–water partition coefficient (Wildman–Crippen LogP) is 1.48. The van der Waals surface area contributed by atoms with E-state index in [2.05, 4.69) is 0 Å². The molecule has 1 atom stereocenters. The predicted molar refractivity (Wildman–Crippen MR) is 53.8 cm³/mol. The highest BCUT2D eigenvalue weighted by atomic mass is 16.1. The van der Waals surface area contributed by atoms with Gasteiger partial charge in [-0.05, 0) is 19.1 Å². The van der Waals surface area contributed by atoms with Crippen molar-refractivity contribution in [3.05, 3.63) is 35.4 Å². The largest absolute Gasteiger partial charge is 0.328 e. The molecule has 0 aromatic heterocycles. The molecule has 0 aliphatic rings. The van der Waals surface area contributed by atoms with E-state index in [9.17, 15) is 4.79 Å². The van der Waals surface area contributed by atoms with Crippen LogP contribution in [0.25, 0.3) is 0 Å². The van der Waals surface area contributed by atoms with E-state index in [1.165, 1.54) is 0 Å². The van der Waals surface area contributed by atoms with Crippen molar-refractivity contribution in [2.45, 2.75) is 19.4 Å². The molecule has 3 heteroatoms. The molecule has 0 aliphatic heterocycles. The maximum absolute atomic E-state index is 11.5. The Morgan fingerprint density at radius 1 is 1.64 bits per heavy atom. The molecule has 2 N–H and O–H groups in total. The van der Waals surface area contributed by atoms with E-state index in [0.717, 1.165) is 0 Å². The molecule has 0 spiro atoms. The molecule has 3 nitrogen and oxygen atoms in total. The van der Waals surface area contributed by atoms with Crippen molar-refractivity contribution in [3.63, 3.8) is 0 Å².